The molecule has 0 radical (unpaired) electrons. The quantitative estimate of drug-likeness (QED) is 0.561. The molecule has 2 aromatic heterocycles. The van der Waals surface area contributed by atoms with Gasteiger partial charge in [-0.2, -0.15) is 9.97 Å². The van der Waals surface area contributed by atoms with Gasteiger partial charge >= 0.3 is 0 Å². The van der Waals surface area contributed by atoms with E-state index >= 15 is 0 Å². The van der Waals surface area contributed by atoms with E-state index in [1.807, 2.05) is 30.3 Å². The van der Waals surface area contributed by atoms with Crippen molar-refractivity contribution in [3.05, 3.63) is 36.7 Å². The number of hydrogen-bond acceptors (Lipinski definition) is 6. The van der Waals surface area contributed by atoms with Crippen molar-refractivity contribution in [2.24, 2.45) is 0 Å². The van der Waals surface area contributed by atoms with Crippen molar-refractivity contribution in [3.63, 3.8) is 0 Å². The van der Waals surface area contributed by atoms with E-state index in [1.165, 1.54) is 0 Å². The van der Waals surface area contributed by atoms with Crippen molar-refractivity contribution in [1.82, 2.24) is 19.9 Å². The van der Waals surface area contributed by atoms with Gasteiger partial charge in [0.2, 0.25) is 5.95 Å². The molecule has 0 amide bonds. The molecule has 3 rings (SSSR count). The van der Waals surface area contributed by atoms with Crippen molar-refractivity contribution >= 4 is 28.6 Å². The number of anilines is 3. The number of nitrogens with one attached hydrogen (secondary N) is 3. The highest BCUT2D eigenvalue weighted by Crippen LogP contribution is 2.22. The Kier molecular flexibility index (Phi) is 3.42. The van der Waals surface area contributed by atoms with Crippen LogP contribution in [0.3, 0.4) is 0 Å². The van der Waals surface area contributed by atoms with Crippen LogP contribution in [-0.4, -0.2) is 38.2 Å². The fourth-order valence-electron chi connectivity index (χ4n) is 1.83. The summed E-state index contributed by atoms with van der Waals surface area (Å²) in [5.41, 5.74) is 2.23. The first-order valence-electron chi connectivity index (χ1n) is 6.25. The van der Waals surface area contributed by atoms with Gasteiger partial charge in [0.1, 0.15) is 5.52 Å². The highest BCUT2D eigenvalue weighted by atomic mass is 16.3. The lowest BCUT2D eigenvalue weighted by Gasteiger charge is -2.08. The van der Waals surface area contributed by atoms with Crippen molar-refractivity contribution < 1.29 is 5.11 Å². The standard InChI is InChI=1S/C13H14N6O/c20-7-6-14-13-18-11-10(15-8-16-11)12(19-13)17-9-4-2-1-3-5-9/h1-5,8,20H,6-7H2,(H3,14,15,16,17,18,19). The second-order valence-electron chi connectivity index (χ2n) is 4.14. The Balaban J connectivity index is 1.97. The van der Waals surface area contributed by atoms with Crippen LogP contribution < -0.4 is 10.6 Å². The molecule has 0 saturated heterocycles. The third-order valence-electron chi connectivity index (χ3n) is 2.72. The van der Waals surface area contributed by atoms with E-state index in [4.69, 9.17) is 5.11 Å². The summed E-state index contributed by atoms with van der Waals surface area (Å²) >= 11 is 0. The summed E-state index contributed by atoms with van der Waals surface area (Å²) in [6.45, 7) is 0.407. The Morgan fingerprint density at radius 3 is 2.80 bits per heavy atom. The second kappa shape index (κ2) is 5.54. The summed E-state index contributed by atoms with van der Waals surface area (Å²) in [7, 11) is 0. The van der Waals surface area contributed by atoms with Crippen LogP contribution in [0.2, 0.25) is 0 Å². The molecule has 4 N–H and O–H groups in total. The summed E-state index contributed by atoms with van der Waals surface area (Å²) in [5, 5.41) is 15.0. The number of aliphatic hydroxyl groups is 1. The number of benzene rings is 1. The normalized spacial score (nSPS) is 10.7. The van der Waals surface area contributed by atoms with Crippen molar-refractivity contribution in [1.29, 1.82) is 0 Å². The number of aromatic amines is 1. The minimum atomic E-state index is 0.0173. The number of aromatic nitrogens is 4. The zero-order valence-corrected chi connectivity index (χ0v) is 10.7. The summed E-state index contributed by atoms with van der Waals surface area (Å²) in [4.78, 5) is 15.8. The van der Waals surface area contributed by atoms with E-state index in [9.17, 15) is 0 Å². The van der Waals surface area contributed by atoms with Crippen LogP contribution >= 0.6 is 0 Å². The topological polar surface area (TPSA) is 98.8 Å². The molecule has 0 saturated carbocycles. The molecule has 0 bridgehead atoms. The fraction of sp³-hybridized carbons (Fsp3) is 0.154. The van der Waals surface area contributed by atoms with E-state index in [-0.39, 0.29) is 6.61 Å². The summed E-state index contributed by atoms with van der Waals surface area (Å²) in [6, 6.07) is 9.73. The molecule has 102 valence electrons. The molecule has 20 heavy (non-hydrogen) atoms. The highest BCUT2D eigenvalue weighted by Gasteiger charge is 2.09. The minimum Gasteiger partial charge on any atom is -0.395 e. The van der Waals surface area contributed by atoms with Crippen LogP contribution in [0, 0.1) is 0 Å². The lowest BCUT2D eigenvalue weighted by Crippen LogP contribution is -2.09. The SMILES string of the molecule is OCCNc1nc(Nc2ccccc2)c2[nH]cnc2n1. The molecule has 0 spiro atoms. The molecule has 7 nitrogen and oxygen atoms in total. The van der Waals surface area contributed by atoms with Crippen LogP contribution in [0.5, 0.6) is 0 Å². The van der Waals surface area contributed by atoms with Gasteiger partial charge in [0, 0.05) is 12.2 Å². The van der Waals surface area contributed by atoms with Gasteiger partial charge in [-0.1, -0.05) is 18.2 Å². The second-order valence-corrected chi connectivity index (χ2v) is 4.14. The molecular weight excluding hydrogens is 256 g/mol. The van der Waals surface area contributed by atoms with Crippen molar-refractivity contribution in [3.8, 4) is 0 Å². The maximum atomic E-state index is 8.85. The predicted molar refractivity (Wildman–Crippen MR) is 77.0 cm³/mol. The first kappa shape index (κ1) is 12.4. The molecule has 7 heteroatoms. The molecule has 0 atom stereocenters. The molecule has 0 aliphatic carbocycles. The Bertz CT molecular complexity index is 696. The molecule has 0 aliphatic heterocycles. The summed E-state index contributed by atoms with van der Waals surface area (Å²) in [5.74, 6) is 1.07. The first-order chi connectivity index (χ1) is 9.86. The lowest BCUT2D eigenvalue weighted by molar-refractivity contribution is 0.311. The van der Waals surface area contributed by atoms with Gasteiger partial charge in [0.05, 0.1) is 12.9 Å². The average molecular weight is 270 g/mol. The van der Waals surface area contributed by atoms with Crippen LogP contribution in [-0.2, 0) is 0 Å². The Morgan fingerprint density at radius 1 is 1.15 bits per heavy atom. The number of H-pyrrole nitrogens is 1. The predicted octanol–water partition coefficient (Wildman–Crippen LogP) is 1.50. The molecule has 0 unspecified atom stereocenters. The van der Waals surface area contributed by atoms with Crippen molar-refractivity contribution in [2.45, 2.75) is 0 Å². The Morgan fingerprint density at radius 2 is 2.00 bits per heavy atom. The van der Waals surface area contributed by atoms with E-state index in [0.717, 1.165) is 11.2 Å². The molecule has 2 heterocycles. The van der Waals surface area contributed by atoms with Crippen LogP contribution in [0.15, 0.2) is 36.7 Å². The molecule has 3 aromatic rings. The molecule has 1 aromatic carbocycles. The maximum Gasteiger partial charge on any atom is 0.226 e. The van der Waals surface area contributed by atoms with Gasteiger partial charge in [-0.25, -0.2) is 4.98 Å². The third kappa shape index (κ3) is 2.52. The van der Waals surface area contributed by atoms with Gasteiger partial charge in [0.15, 0.2) is 11.5 Å². The van der Waals surface area contributed by atoms with Crippen LogP contribution in [0.1, 0.15) is 0 Å². The number of rotatable bonds is 5. The monoisotopic (exact) mass is 270 g/mol. The Labute approximate surface area is 115 Å². The van der Waals surface area contributed by atoms with E-state index in [2.05, 4.69) is 30.6 Å². The number of para-hydroxylation sites is 1. The maximum absolute atomic E-state index is 8.85. The highest BCUT2D eigenvalue weighted by molar-refractivity contribution is 5.85. The lowest BCUT2D eigenvalue weighted by atomic mass is 10.3. The van der Waals surface area contributed by atoms with E-state index in [0.29, 0.717) is 24.0 Å². The zero-order valence-electron chi connectivity index (χ0n) is 10.7. The number of imidazole rings is 1. The average Bonchev–Trinajstić information content (AvgIpc) is 2.95. The zero-order chi connectivity index (χ0) is 13.8. The van der Waals surface area contributed by atoms with Gasteiger partial charge in [-0.3, -0.25) is 0 Å². The third-order valence-corrected chi connectivity index (χ3v) is 2.72. The fourth-order valence-corrected chi connectivity index (χ4v) is 1.83. The van der Waals surface area contributed by atoms with Gasteiger partial charge in [-0.15, -0.1) is 0 Å². The molecule has 0 fully saturated rings. The molecule has 0 aliphatic rings. The number of fused-ring (bicyclic) bond motifs is 1. The smallest absolute Gasteiger partial charge is 0.226 e. The summed E-state index contributed by atoms with van der Waals surface area (Å²) in [6.07, 6.45) is 1.57. The van der Waals surface area contributed by atoms with Gasteiger partial charge in [-0.05, 0) is 12.1 Å². The number of nitrogens with zero attached hydrogens (tertiary/aromatic N) is 3. The Hall–Kier alpha value is -2.67. The van der Waals surface area contributed by atoms with E-state index < -0.39 is 0 Å². The van der Waals surface area contributed by atoms with Crippen LogP contribution in [0.25, 0.3) is 11.2 Å². The van der Waals surface area contributed by atoms with Gasteiger partial charge < -0.3 is 20.7 Å². The number of aliphatic hydroxyl groups excluding tert-OH is 1. The summed E-state index contributed by atoms with van der Waals surface area (Å²) < 4.78 is 0. The van der Waals surface area contributed by atoms with Crippen LogP contribution in [0.4, 0.5) is 17.5 Å². The number of hydrogen-bond donors (Lipinski definition) is 4. The minimum absolute atomic E-state index is 0.0173. The van der Waals surface area contributed by atoms with Gasteiger partial charge in [0.25, 0.3) is 0 Å². The first-order valence-corrected chi connectivity index (χ1v) is 6.25. The molecular formula is C13H14N6O. The van der Waals surface area contributed by atoms with Crippen molar-refractivity contribution in [2.75, 3.05) is 23.8 Å². The van der Waals surface area contributed by atoms with E-state index in [1.54, 1.807) is 6.33 Å². The largest absolute Gasteiger partial charge is 0.395 e.